The van der Waals surface area contributed by atoms with E-state index in [1.807, 2.05) is 0 Å². The van der Waals surface area contributed by atoms with Crippen LogP contribution in [0.5, 0.6) is 0 Å². The molecule has 1 N–H and O–H groups in total. The molecule has 0 saturated heterocycles. The molecule has 4 nitrogen and oxygen atoms in total. The maximum absolute atomic E-state index is 12.5. The van der Waals surface area contributed by atoms with E-state index in [9.17, 15) is 4.79 Å². The summed E-state index contributed by atoms with van der Waals surface area (Å²) in [5.74, 6) is 1.21. The fourth-order valence-corrected chi connectivity index (χ4v) is 3.18. The van der Waals surface area contributed by atoms with Gasteiger partial charge in [0, 0.05) is 19.1 Å². The number of ether oxygens (including phenoxy) is 1. The Morgan fingerprint density at radius 2 is 2.00 bits per heavy atom. The second-order valence-electron chi connectivity index (χ2n) is 6.81. The van der Waals surface area contributed by atoms with Gasteiger partial charge < -0.3 is 9.64 Å². The second-order valence-corrected chi connectivity index (χ2v) is 6.81. The second kappa shape index (κ2) is 6.44. The third-order valence-electron chi connectivity index (χ3n) is 4.50. The molecule has 1 atom stereocenters. The van der Waals surface area contributed by atoms with Gasteiger partial charge in [0.15, 0.2) is 0 Å². The summed E-state index contributed by atoms with van der Waals surface area (Å²) in [6, 6.07) is 0.286. The predicted octanol–water partition coefficient (Wildman–Crippen LogP) is 2.04. The Hall–Kier alpha value is -0.610. The molecule has 0 aromatic carbocycles. The summed E-state index contributed by atoms with van der Waals surface area (Å²) in [6.07, 6.45) is 4.97. The molecule has 0 amide bonds. The van der Waals surface area contributed by atoms with Crippen molar-refractivity contribution >= 4 is 5.97 Å². The first-order chi connectivity index (χ1) is 9.51. The number of likely N-dealkylation sites (N-methyl/N-ethyl adjacent to an activating group) is 1. The molecule has 2 rings (SSSR count). The van der Waals surface area contributed by atoms with Crippen LogP contribution in [0.4, 0.5) is 0 Å². The minimum atomic E-state index is -0.506. The van der Waals surface area contributed by atoms with Crippen molar-refractivity contribution in [2.75, 3.05) is 26.7 Å². The van der Waals surface area contributed by atoms with E-state index in [4.69, 9.17) is 4.74 Å². The number of esters is 1. The molecule has 2 fully saturated rings. The van der Waals surface area contributed by atoms with E-state index in [1.54, 1.807) is 0 Å². The summed E-state index contributed by atoms with van der Waals surface area (Å²) >= 11 is 0. The van der Waals surface area contributed by atoms with Gasteiger partial charge in [-0.15, -0.1) is 0 Å². The van der Waals surface area contributed by atoms with Crippen LogP contribution in [0.15, 0.2) is 0 Å². The summed E-state index contributed by atoms with van der Waals surface area (Å²) in [5.41, 5.74) is -0.506. The maximum Gasteiger partial charge on any atom is 0.327 e. The van der Waals surface area contributed by atoms with Crippen LogP contribution in [-0.4, -0.2) is 49.2 Å². The summed E-state index contributed by atoms with van der Waals surface area (Å²) < 4.78 is 5.16. The fourth-order valence-electron chi connectivity index (χ4n) is 3.18. The van der Waals surface area contributed by atoms with Crippen molar-refractivity contribution in [3.05, 3.63) is 0 Å². The molecule has 0 aliphatic heterocycles. The van der Waals surface area contributed by atoms with Crippen LogP contribution in [0.3, 0.4) is 0 Å². The molecule has 0 spiro atoms. The van der Waals surface area contributed by atoms with Gasteiger partial charge in [-0.25, -0.2) is 4.79 Å². The van der Waals surface area contributed by atoms with Crippen molar-refractivity contribution in [2.45, 2.75) is 58.0 Å². The normalized spacial score (nSPS) is 22.1. The van der Waals surface area contributed by atoms with Gasteiger partial charge >= 0.3 is 5.97 Å². The zero-order valence-electron chi connectivity index (χ0n) is 13.4. The Morgan fingerprint density at radius 1 is 1.35 bits per heavy atom. The molecular weight excluding hydrogens is 252 g/mol. The van der Waals surface area contributed by atoms with Crippen molar-refractivity contribution < 1.29 is 9.53 Å². The highest BCUT2D eigenvalue weighted by molar-refractivity contribution is 5.82. The lowest BCUT2D eigenvalue weighted by molar-refractivity contribution is -0.151. The molecule has 0 bridgehead atoms. The maximum atomic E-state index is 12.5. The molecular formula is C16H30N2O2. The van der Waals surface area contributed by atoms with Crippen LogP contribution >= 0.6 is 0 Å². The SMILES string of the molecule is CCN(CC1CC1)CC(NC(C)C)(C(=O)OC)C1CC1. The first-order valence-corrected chi connectivity index (χ1v) is 8.10. The van der Waals surface area contributed by atoms with Gasteiger partial charge in [-0.3, -0.25) is 5.32 Å². The van der Waals surface area contributed by atoms with Gasteiger partial charge in [0.25, 0.3) is 0 Å². The van der Waals surface area contributed by atoms with Crippen molar-refractivity contribution in [3.8, 4) is 0 Å². The predicted molar refractivity (Wildman–Crippen MR) is 80.6 cm³/mol. The molecule has 1 unspecified atom stereocenters. The number of carbonyl (C=O) groups excluding carboxylic acids is 1. The van der Waals surface area contributed by atoms with Gasteiger partial charge in [-0.05, 0) is 57.9 Å². The van der Waals surface area contributed by atoms with Crippen LogP contribution in [0.25, 0.3) is 0 Å². The molecule has 0 heterocycles. The topological polar surface area (TPSA) is 41.6 Å². The zero-order chi connectivity index (χ0) is 14.8. The average molecular weight is 282 g/mol. The average Bonchev–Trinajstić information content (AvgIpc) is 3.27. The van der Waals surface area contributed by atoms with Crippen molar-refractivity contribution in [1.82, 2.24) is 10.2 Å². The minimum absolute atomic E-state index is 0.0806. The lowest BCUT2D eigenvalue weighted by Gasteiger charge is -2.38. The smallest absolute Gasteiger partial charge is 0.327 e. The number of nitrogens with one attached hydrogen (secondary N) is 1. The highest BCUT2D eigenvalue weighted by Crippen LogP contribution is 2.42. The van der Waals surface area contributed by atoms with E-state index in [0.717, 1.165) is 38.4 Å². The Kier molecular flexibility index (Phi) is 5.08. The van der Waals surface area contributed by atoms with Crippen LogP contribution in [0.1, 0.15) is 46.5 Å². The first kappa shape index (κ1) is 15.8. The number of hydrogen-bond donors (Lipinski definition) is 1. The quantitative estimate of drug-likeness (QED) is 0.657. The number of nitrogens with zero attached hydrogens (tertiary/aromatic N) is 1. The van der Waals surface area contributed by atoms with Crippen LogP contribution in [0, 0.1) is 11.8 Å². The van der Waals surface area contributed by atoms with Gasteiger partial charge in [-0.1, -0.05) is 6.92 Å². The van der Waals surface area contributed by atoms with E-state index in [0.29, 0.717) is 5.92 Å². The lowest BCUT2D eigenvalue weighted by atomic mass is 9.91. The molecule has 2 aliphatic carbocycles. The molecule has 0 aromatic rings. The molecule has 2 saturated carbocycles. The summed E-state index contributed by atoms with van der Waals surface area (Å²) in [6.45, 7) is 9.32. The monoisotopic (exact) mass is 282 g/mol. The van der Waals surface area contributed by atoms with Crippen LogP contribution in [-0.2, 0) is 9.53 Å². The molecule has 0 aromatic heterocycles. The van der Waals surface area contributed by atoms with Crippen molar-refractivity contribution in [3.63, 3.8) is 0 Å². The van der Waals surface area contributed by atoms with Gasteiger partial charge in [0.05, 0.1) is 7.11 Å². The Bertz CT molecular complexity index is 337. The molecule has 2 aliphatic rings. The highest BCUT2D eigenvalue weighted by Gasteiger charge is 2.53. The Morgan fingerprint density at radius 3 is 2.40 bits per heavy atom. The first-order valence-electron chi connectivity index (χ1n) is 8.10. The lowest BCUT2D eigenvalue weighted by Crippen LogP contribution is -2.63. The number of hydrogen-bond acceptors (Lipinski definition) is 4. The van der Waals surface area contributed by atoms with E-state index < -0.39 is 5.54 Å². The summed E-state index contributed by atoms with van der Waals surface area (Å²) in [5, 5.41) is 3.55. The van der Waals surface area contributed by atoms with E-state index in [-0.39, 0.29) is 12.0 Å². The third kappa shape index (κ3) is 3.73. The molecule has 0 radical (unpaired) electrons. The highest BCUT2D eigenvalue weighted by atomic mass is 16.5. The molecule has 116 valence electrons. The van der Waals surface area contributed by atoms with E-state index in [2.05, 4.69) is 31.0 Å². The van der Waals surface area contributed by atoms with Crippen LogP contribution < -0.4 is 5.32 Å². The van der Waals surface area contributed by atoms with Gasteiger partial charge in [0.1, 0.15) is 5.54 Å². The number of methoxy groups -OCH3 is 1. The van der Waals surface area contributed by atoms with E-state index >= 15 is 0 Å². The molecule has 4 heteroatoms. The van der Waals surface area contributed by atoms with Gasteiger partial charge in [0.2, 0.25) is 0 Å². The van der Waals surface area contributed by atoms with E-state index in [1.165, 1.54) is 20.0 Å². The van der Waals surface area contributed by atoms with Crippen molar-refractivity contribution in [2.24, 2.45) is 11.8 Å². The Balaban J connectivity index is 2.11. The Labute approximate surface area is 123 Å². The zero-order valence-corrected chi connectivity index (χ0v) is 13.4. The van der Waals surface area contributed by atoms with Crippen LogP contribution in [0.2, 0.25) is 0 Å². The number of carbonyl (C=O) groups is 1. The van der Waals surface area contributed by atoms with Gasteiger partial charge in [-0.2, -0.15) is 0 Å². The number of rotatable bonds is 9. The fraction of sp³-hybridized carbons (Fsp3) is 0.938. The molecule has 20 heavy (non-hydrogen) atoms. The third-order valence-corrected chi connectivity index (χ3v) is 4.50. The summed E-state index contributed by atoms with van der Waals surface area (Å²) in [7, 11) is 1.51. The summed E-state index contributed by atoms with van der Waals surface area (Å²) in [4.78, 5) is 14.9. The largest absolute Gasteiger partial charge is 0.468 e. The minimum Gasteiger partial charge on any atom is -0.468 e. The van der Waals surface area contributed by atoms with Crippen molar-refractivity contribution in [1.29, 1.82) is 0 Å². The standard InChI is InChI=1S/C16H30N2O2/c1-5-18(10-13-6-7-13)11-16(14-8-9-14,15(19)20-4)17-12(2)3/h12-14,17H,5-11H2,1-4H3.